The number of morpholine rings is 1. The number of carbonyl (C=O) groups is 1. The van der Waals surface area contributed by atoms with Crippen LogP contribution in [-0.4, -0.2) is 46.9 Å². The fourth-order valence-electron chi connectivity index (χ4n) is 3.81. The molecule has 30 heavy (non-hydrogen) atoms. The number of carbonyl (C=O) groups excluding carboxylic acids is 1. The first-order chi connectivity index (χ1) is 14.6. The highest BCUT2D eigenvalue weighted by atomic mass is 16.5. The summed E-state index contributed by atoms with van der Waals surface area (Å²) in [5.41, 5.74) is 5.90. The molecule has 0 aliphatic carbocycles. The van der Waals surface area contributed by atoms with Crippen molar-refractivity contribution in [3.63, 3.8) is 0 Å². The molecular formula is C24H28N4O2. The number of para-hydroxylation sites is 1. The summed E-state index contributed by atoms with van der Waals surface area (Å²) < 4.78 is 7.24. The van der Waals surface area contributed by atoms with Gasteiger partial charge in [0.1, 0.15) is 0 Å². The molecule has 0 atom stereocenters. The number of nitrogens with zero attached hydrogens (tertiary/aromatic N) is 3. The largest absolute Gasteiger partial charge is 0.379 e. The van der Waals surface area contributed by atoms with Gasteiger partial charge in [0.05, 0.1) is 36.4 Å². The van der Waals surface area contributed by atoms with Crippen molar-refractivity contribution in [2.24, 2.45) is 0 Å². The minimum atomic E-state index is -0.106. The van der Waals surface area contributed by atoms with Gasteiger partial charge in [-0.2, -0.15) is 5.10 Å². The summed E-state index contributed by atoms with van der Waals surface area (Å²) in [7, 11) is 0. The number of aromatic nitrogens is 2. The SMILES string of the molecule is Cc1ccccc1-n1ncc(C(=O)NCc2cccc(CN3CCOCC3)c2)c1C. The van der Waals surface area contributed by atoms with Crippen molar-refractivity contribution in [1.29, 1.82) is 0 Å². The molecule has 0 spiro atoms. The van der Waals surface area contributed by atoms with E-state index < -0.39 is 0 Å². The summed E-state index contributed by atoms with van der Waals surface area (Å²) in [5, 5.41) is 7.48. The van der Waals surface area contributed by atoms with Crippen LogP contribution in [0.5, 0.6) is 0 Å². The van der Waals surface area contributed by atoms with Gasteiger partial charge in [-0.15, -0.1) is 0 Å². The monoisotopic (exact) mass is 404 g/mol. The van der Waals surface area contributed by atoms with E-state index in [9.17, 15) is 4.79 Å². The minimum Gasteiger partial charge on any atom is -0.379 e. The van der Waals surface area contributed by atoms with E-state index in [-0.39, 0.29) is 5.91 Å². The van der Waals surface area contributed by atoms with Gasteiger partial charge in [0.15, 0.2) is 0 Å². The number of hydrogen-bond acceptors (Lipinski definition) is 4. The van der Waals surface area contributed by atoms with E-state index in [1.165, 1.54) is 5.56 Å². The molecule has 6 nitrogen and oxygen atoms in total. The molecule has 1 saturated heterocycles. The fourth-order valence-corrected chi connectivity index (χ4v) is 3.81. The van der Waals surface area contributed by atoms with Crippen LogP contribution in [0.3, 0.4) is 0 Å². The van der Waals surface area contributed by atoms with Gasteiger partial charge in [-0.1, -0.05) is 42.5 Å². The molecule has 4 rings (SSSR count). The molecule has 1 aromatic heterocycles. The Hall–Kier alpha value is -2.96. The van der Waals surface area contributed by atoms with Gasteiger partial charge in [-0.3, -0.25) is 9.69 Å². The van der Waals surface area contributed by atoms with Crippen LogP contribution in [0.1, 0.15) is 32.7 Å². The lowest BCUT2D eigenvalue weighted by Crippen LogP contribution is -2.35. The van der Waals surface area contributed by atoms with Crippen LogP contribution < -0.4 is 5.32 Å². The van der Waals surface area contributed by atoms with Crippen LogP contribution in [0.25, 0.3) is 5.69 Å². The number of aryl methyl sites for hydroxylation is 1. The van der Waals surface area contributed by atoms with E-state index in [1.807, 2.05) is 48.9 Å². The lowest BCUT2D eigenvalue weighted by atomic mass is 10.1. The van der Waals surface area contributed by atoms with Crippen molar-refractivity contribution in [1.82, 2.24) is 20.0 Å². The van der Waals surface area contributed by atoms with Crippen molar-refractivity contribution in [2.45, 2.75) is 26.9 Å². The molecule has 1 aliphatic heterocycles. The van der Waals surface area contributed by atoms with Crippen LogP contribution >= 0.6 is 0 Å². The smallest absolute Gasteiger partial charge is 0.255 e. The Morgan fingerprint density at radius 2 is 1.83 bits per heavy atom. The van der Waals surface area contributed by atoms with Crippen molar-refractivity contribution in [3.05, 3.63) is 82.7 Å². The van der Waals surface area contributed by atoms with Gasteiger partial charge in [0, 0.05) is 26.2 Å². The first-order valence-corrected chi connectivity index (χ1v) is 10.4. The molecule has 156 valence electrons. The molecule has 2 heterocycles. The summed E-state index contributed by atoms with van der Waals surface area (Å²) in [5.74, 6) is -0.106. The summed E-state index contributed by atoms with van der Waals surface area (Å²) in [6, 6.07) is 16.4. The maximum atomic E-state index is 12.8. The van der Waals surface area contributed by atoms with Gasteiger partial charge >= 0.3 is 0 Å². The van der Waals surface area contributed by atoms with E-state index in [2.05, 4.69) is 33.5 Å². The van der Waals surface area contributed by atoms with Crippen molar-refractivity contribution < 1.29 is 9.53 Å². The number of rotatable bonds is 6. The molecule has 1 fully saturated rings. The van der Waals surface area contributed by atoms with Gasteiger partial charge in [0.2, 0.25) is 0 Å². The van der Waals surface area contributed by atoms with E-state index >= 15 is 0 Å². The fraction of sp³-hybridized carbons (Fsp3) is 0.333. The zero-order valence-electron chi connectivity index (χ0n) is 17.6. The molecule has 0 unspecified atom stereocenters. The van der Waals surface area contributed by atoms with E-state index in [4.69, 9.17) is 4.74 Å². The number of benzene rings is 2. The van der Waals surface area contributed by atoms with Crippen molar-refractivity contribution >= 4 is 5.91 Å². The molecule has 1 amide bonds. The molecule has 0 saturated carbocycles. The third-order valence-corrected chi connectivity index (χ3v) is 5.55. The number of ether oxygens (including phenoxy) is 1. The molecule has 0 bridgehead atoms. The lowest BCUT2D eigenvalue weighted by molar-refractivity contribution is 0.0342. The zero-order chi connectivity index (χ0) is 20.9. The number of amides is 1. The second kappa shape index (κ2) is 9.24. The van der Waals surface area contributed by atoms with E-state index in [0.717, 1.165) is 55.4 Å². The Bertz CT molecular complexity index is 1020. The number of nitrogens with one attached hydrogen (secondary N) is 1. The van der Waals surface area contributed by atoms with Crippen LogP contribution in [0.2, 0.25) is 0 Å². The van der Waals surface area contributed by atoms with Crippen LogP contribution in [0, 0.1) is 13.8 Å². The van der Waals surface area contributed by atoms with Gasteiger partial charge < -0.3 is 10.1 Å². The molecule has 0 radical (unpaired) electrons. The maximum Gasteiger partial charge on any atom is 0.255 e. The quantitative estimate of drug-likeness (QED) is 0.685. The predicted molar refractivity (Wildman–Crippen MR) is 117 cm³/mol. The van der Waals surface area contributed by atoms with Gasteiger partial charge in [-0.05, 0) is 36.6 Å². The molecule has 3 aromatic rings. The predicted octanol–water partition coefficient (Wildman–Crippen LogP) is 3.25. The Balaban J connectivity index is 1.40. The van der Waals surface area contributed by atoms with Crippen LogP contribution in [0.4, 0.5) is 0 Å². The van der Waals surface area contributed by atoms with Gasteiger partial charge in [0.25, 0.3) is 5.91 Å². The first kappa shape index (κ1) is 20.3. The average molecular weight is 405 g/mol. The van der Waals surface area contributed by atoms with E-state index in [0.29, 0.717) is 12.1 Å². The molecular weight excluding hydrogens is 376 g/mol. The second-order valence-corrected chi connectivity index (χ2v) is 7.73. The minimum absolute atomic E-state index is 0.106. The summed E-state index contributed by atoms with van der Waals surface area (Å²) in [6.45, 7) is 8.89. The zero-order valence-corrected chi connectivity index (χ0v) is 17.6. The highest BCUT2D eigenvalue weighted by Gasteiger charge is 2.16. The lowest BCUT2D eigenvalue weighted by Gasteiger charge is -2.26. The Kier molecular flexibility index (Phi) is 6.26. The molecule has 2 aromatic carbocycles. The first-order valence-electron chi connectivity index (χ1n) is 10.4. The van der Waals surface area contributed by atoms with Crippen molar-refractivity contribution in [3.8, 4) is 5.69 Å². The highest BCUT2D eigenvalue weighted by Crippen LogP contribution is 2.18. The van der Waals surface area contributed by atoms with Crippen LogP contribution in [0.15, 0.2) is 54.7 Å². The summed E-state index contributed by atoms with van der Waals surface area (Å²) in [4.78, 5) is 15.2. The normalized spacial score (nSPS) is 14.6. The third kappa shape index (κ3) is 4.61. The maximum absolute atomic E-state index is 12.8. The average Bonchev–Trinajstić information content (AvgIpc) is 3.14. The topological polar surface area (TPSA) is 59.4 Å². The second-order valence-electron chi connectivity index (χ2n) is 7.73. The van der Waals surface area contributed by atoms with E-state index in [1.54, 1.807) is 6.20 Å². The molecule has 1 N–H and O–H groups in total. The third-order valence-electron chi connectivity index (χ3n) is 5.55. The summed E-state index contributed by atoms with van der Waals surface area (Å²) in [6.07, 6.45) is 1.64. The Morgan fingerprint density at radius 3 is 2.63 bits per heavy atom. The highest BCUT2D eigenvalue weighted by molar-refractivity contribution is 5.95. The Labute approximate surface area is 177 Å². The Morgan fingerprint density at radius 1 is 1.07 bits per heavy atom. The number of hydrogen-bond donors (Lipinski definition) is 1. The van der Waals surface area contributed by atoms with Crippen LogP contribution in [-0.2, 0) is 17.8 Å². The van der Waals surface area contributed by atoms with Crippen molar-refractivity contribution in [2.75, 3.05) is 26.3 Å². The molecule has 6 heteroatoms. The standard InChI is InChI=1S/C24H28N4O2/c1-18-6-3-4-9-23(18)28-19(2)22(16-26-28)24(29)25-15-20-7-5-8-21(14-20)17-27-10-12-30-13-11-27/h3-9,14,16H,10-13,15,17H2,1-2H3,(H,25,29). The molecule has 1 aliphatic rings. The van der Waals surface area contributed by atoms with Gasteiger partial charge in [-0.25, -0.2) is 4.68 Å². The summed E-state index contributed by atoms with van der Waals surface area (Å²) >= 11 is 0.